The lowest BCUT2D eigenvalue weighted by Gasteiger charge is -2.45. The summed E-state index contributed by atoms with van der Waals surface area (Å²) in [4.78, 5) is 12.5. The summed E-state index contributed by atoms with van der Waals surface area (Å²) in [5.74, 6) is 0.936. The molecule has 6 heteroatoms. The van der Waals surface area contributed by atoms with Crippen LogP contribution in [0.25, 0.3) is 0 Å². The summed E-state index contributed by atoms with van der Waals surface area (Å²) in [6.45, 7) is 3.95. The molecule has 5 nitrogen and oxygen atoms in total. The first kappa shape index (κ1) is 19.8. The first-order valence-corrected chi connectivity index (χ1v) is 9.64. The highest BCUT2D eigenvalue weighted by atomic mass is 19.1. The Kier molecular flexibility index (Phi) is 6.50. The van der Waals surface area contributed by atoms with Crippen LogP contribution < -0.4 is 15.8 Å². The van der Waals surface area contributed by atoms with Crippen molar-refractivity contribution in [3.8, 4) is 5.75 Å². The van der Waals surface area contributed by atoms with E-state index in [0.717, 1.165) is 38.9 Å². The Balaban J connectivity index is 1.49. The lowest BCUT2D eigenvalue weighted by atomic mass is 9.59. The molecule has 0 atom stereocenters. The Labute approximate surface area is 160 Å². The number of nitrogens with one attached hydrogen (secondary N) is 1. The summed E-state index contributed by atoms with van der Waals surface area (Å²) in [6.07, 6.45) is 4.00. The van der Waals surface area contributed by atoms with Crippen molar-refractivity contribution in [2.45, 2.75) is 44.1 Å². The molecule has 1 aliphatic heterocycles. The molecule has 0 aromatic heterocycles. The second kappa shape index (κ2) is 8.85. The minimum Gasteiger partial charge on any atom is -0.489 e. The standard InChI is InChI=1S/C21H29FN2O3/c1-21(10-16(11-21)20(25)24-18-6-8-26-9-7-18)17-2-4-19(5-3-17)27-14-15(12-22)13-23/h2-5,12,16,18H,6-11,13-14,23H2,1H3,(H,24,25)/b15-12+. The predicted octanol–water partition coefficient (Wildman–Crippen LogP) is 2.84. The van der Waals surface area contributed by atoms with Gasteiger partial charge in [-0.25, -0.2) is 4.39 Å². The van der Waals surface area contributed by atoms with Gasteiger partial charge in [-0.3, -0.25) is 4.79 Å². The first-order chi connectivity index (χ1) is 13.0. The van der Waals surface area contributed by atoms with Gasteiger partial charge in [0.15, 0.2) is 0 Å². The van der Waals surface area contributed by atoms with Crippen LogP contribution in [0.15, 0.2) is 36.2 Å². The van der Waals surface area contributed by atoms with Gasteiger partial charge >= 0.3 is 0 Å². The highest BCUT2D eigenvalue weighted by molar-refractivity contribution is 5.80. The minimum atomic E-state index is 0.0114. The maximum atomic E-state index is 12.5. The topological polar surface area (TPSA) is 73.6 Å². The summed E-state index contributed by atoms with van der Waals surface area (Å²) in [6, 6.07) is 8.10. The van der Waals surface area contributed by atoms with Crippen LogP contribution in [0.1, 0.15) is 38.2 Å². The summed E-state index contributed by atoms with van der Waals surface area (Å²) in [7, 11) is 0. The average molecular weight is 376 g/mol. The molecule has 1 aromatic carbocycles. The number of carbonyl (C=O) groups excluding carboxylic acids is 1. The molecular weight excluding hydrogens is 347 g/mol. The number of carbonyl (C=O) groups is 1. The summed E-state index contributed by atoms with van der Waals surface area (Å²) in [5, 5.41) is 3.17. The summed E-state index contributed by atoms with van der Waals surface area (Å²) >= 11 is 0. The molecule has 1 aromatic rings. The van der Waals surface area contributed by atoms with Gasteiger partial charge in [0.05, 0.1) is 6.33 Å². The Morgan fingerprint density at radius 2 is 2.00 bits per heavy atom. The fourth-order valence-electron chi connectivity index (χ4n) is 3.87. The molecule has 1 amide bonds. The van der Waals surface area contributed by atoms with Crippen LogP contribution in [0.2, 0.25) is 0 Å². The van der Waals surface area contributed by atoms with Crippen molar-refractivity contribution < 1.29 is 18.7 Å². The van der Waals surface area contributed by atoms with Crippen LogP contribution in [0.3, 0.4) is 0 Å². The van der Waals surface area contributed by atoms with E-state index in [-0.39, 0.29) is 36.4 Å². The number of halogens is 1. The molecule has 1 saturated carbocycles. The minimum absolute atomic E-state index is 0.0114. The van der Waals surface area contributed by atoms with E-state index in [9.17, 15) is 9.18 Å². The molecule has 1 saturated heterocycles. The highest BCUT2D eigenvalue weighted by Gasteiger charge is 2.45. The van der Waals surface area contributed by atoms with Crippen LogP contribution in [0.4, 0.5) is 4.39 Å². The lowest BCUT2D eigenvalue weighted by Crippen LogP contribution is -2.49. The Morgan fingerprint density at radius 1 is 1.33 bits per heavy atom. The molecule has 2 aliphatic rings. The molecular formula is C21H29FN2O3. The number of rotatable bonds is 7. The summed E-state index contributed by atoms with van der Waals surface area (Å²) in [5.41, 5.74) is 7.05. The zero-order valence-electron chi connectivity index (χ0n) is 15.9. The summed E-state index contributed by atoms with van der Waals surface area (Å²) < 4.78 is 23.4. The molecule has 27 heavy (non-hydrogen) atoms. The van der Waals surface area contributed by atoms with Crippen LogP contribution >= 0.6 is 0 Å². The number of hydrogen-bond acceptors (Lipinski definition) is 4. The van der Waals surface area contributed by atoms with Crippen LogP contribution in [-0.2, 0) is 14.9 Å². The Morgan fingerprint density at radius 3 is 2.59 bits per heavy atom. The van der Waals surface area contributed by atoms with Gasteiger partial charge in [0.25, 0.3) is 0 Å². The predicted molar refractivity (Wildman–Crippen MR) is 102 cm³/mol. The quantitative estimate of drug-likeness (QED) is 0.767. The third-order valence-electron chi connectivity index (χ3n) is 5.72. The number of hydrogen-bond donors (Lipinski definition) is 2. The van der Waals surface area contributed by atoms with E-state index in [1.165, 1.54) is 5.56 Å². The fourth-order valence-corrected chi connectivity index (χ4v) is 3.87. The van der Waals surface area contributed by atoms with Crippen LogP contribution in [0.5, 0.6) is 5.75 Å². The maximum absolute atomic E-state index is 12.5. The molecule has 0 unspecified atom stereocenters. The molecule has 1 aliphatic carbocycles. The van der Waals surface area contributed by atoms with Gasteiger partial charge in [0.1, 0.15) is 12.4 Å². The molecule has 0 radical (unpaired) electrons. The van der Waals surface area contributed by atoms with Crippen molar-refractivity contribution in [1.29, 1.82) is 0 Å². The van der Waals surface area contributed by atoms with E-state index < -0.39 is 0 Å². The molecule has 148 valence electrons. The average Bonchev–Trinajstić information content (AvgIpc) is 2.67. The second-order valence-electron chi connectivity index (χ2n) is 7.85. The van der Waals surface area contributed by atoms with E-state index in [1.807, 2.05) is 24.3 Å². The number of benzene rings is 1. The van der Waals surface area contributed by atoms with Gasteiger partial charge < -0.3 is 20.5 Å². The zero-order valence-corrected chi connectivity index (χ0v) is 15.9. The van der Waals surface area contributed by atoms with Crippen molar-refractivity contribution in [3.05, 3.63) is 41.7 Å². The van der Waals surface area contributed by atoms with Gasteiger partial charge in [-0.2, -0.15) is 0 Å². The monoisotopic (exact) mass is 376 g/mol. The third kappa shape index (κ3) is 4.87. The van der Waals surface area contributed by atoms with E-state index >= 15 is 0 Å². The molecule has 1 heterocycles. The van der Waals surface area contributed by atoms with E-state index in [4.69, 9.17) is 15.2 Å². The zero-order chi connectivity index (χ0) is 19.3. The maximum Gasteiger partial charge on any atom is 0.223 e. The van der Waals surface area contributed by atoms with Crippen molar-refractivity contribution in [2.75, 3.05) is 26.4 Å². The highest BCUT2D eigenvalue weighted by Crippen LogP contribution is 2.47. The Hall–Kier alpha value is -1.92. The van der Waals surface area contributed by atoms with Gasteiger partial charge in [-0.05, 0) is 48.8 Å². The molecule has 3 rings (SSSR count). The van der Waals surface area contributed by atoms with Gasteiger partial charge in [-0.15, -0.1) is 0 Å². The molecule has 0 spiro atoms. The van der Waals surface area contributed by atoms with Gasteiger partial charge in [0.2, 0.25) is 5.91 Å². The fraction of sp³-hybridized carbons (Fsp3) is 0.571. The number of amides is 1. The van der Waals surface area contributed by atoms with E-state index in [2.05, 4.69) is 12.2 Å². The number of nitrogens with two attached hydrogens (primary N) is 1. The van der Waals surface area contributed by atoms with E-state index in [0.29, 0.717) is 17.7 Å². The number of ether oxygens (including phenoxy) is 2. The largest absolute Gasteiger partial charge is 0.489 e. The van der Waals surface area contributed by atoms with Crippen molar-refractivity contribution >= 4 is 5.91 Å². The van der Waals surface area contributed by atoms with Crippen LogP contribution in [0, 0.1) is 5.92 Å². The molecule has 3 N–H and O–H groups in total. The Bertz CT molecular complexity index is 663. The van der Waals surface area contributed by atoms with E-state index in [1.54, 1.807) is 0 Å². The smallest absolute Gasteiger partial charge is 0.223 e. The SMILES string of the molecule is CC1(c2ccc(OC/C(=C/F)CN)cc2)CC(C(=O)NC2CCOCC2)C1. The van der Waals surface area contributed by atoms with Crippen molar-refractivity contribution in [1.82, 2.24) is 5.32 Å². The van der Waals surface area contributed by atoms with Crippen molar-refractivity contribution in [3.63, 3.8) is 0 Å². The van der Waals surface area contributed by atoms with Crippen LogP contribution in [-0.4, -0.2) is 38.3 Å². The van der Waals surface area contributed by atoms with Gasteiger partial charge in [0, 0.05) is 37.3 Å². The third-order valence-corrected chi connectivity index (χ3v) is 5.72. The molecule has 2 fully saturated rings. The molecule has 0 bridgehead atoms. The first-order valence-electron chi connectivity index (χ1n) is 9.64. The normalized spacial score (nSPS) is 26.3. The van der Waals surface area contributed by atoms with Gasteiger partial charge in [-0.1, -0.05) is 19.1 Å². The lowest BCUT2D eigenvalue weighted by molar-refractivity contribution is -0.131. The van der Waals surface area contributed by atoms with Crippen molar-refractivity contribution in [2.24, 2.45) is 11.7 Å². The second-order valence-corrected chi connectivity index (χ2v) is 7.85.